The molecule has 0 amide bonds. The average Bonchev–Trinajstić information content (AvgIpc) is 2.60. The number of rotatable bonds is 4. The number of nitrogens with zero attached hydrogens (tertiary/aromatic N) is 3. The molecule has 0 saturated carbocycles. The van der Waals surface area contributed by atoms with Crippen molar-refractivity contribution >= 4 is 28.8 Å². The van der Waals surface area contributed by atoms with Gasteiger partial charge < -0.3 is 15.4 Å². The van der Waals surface area contributed by atoms with E-state index in [1.165, 1.54) is 6.33 Å². The molecule has 1 aromatic heterocycles. The van der Waals surface area contributed by atoms with Crippen LogP contribution in [0.15, 0.2) is 54.9 Å². The first-order chi connectivity index (χ1) is 11.6. The number of aromatic nitrogens is 2. The third-order valence-electron chi connectivity index (χ3n) is 3.63. The van der Waals surface area contributed by atoms with Gasteiger partial charge in [0.2, 0.25) is 5.88 Å². The summed E-state index contributed by atoms with van der Waals surface area (Å²) in [5.74, 6) is 1.51. The number of hydrogen-bond acceptors (Lipinski definition) is 5. The minimum absolute atomic E-state index is 0.310. The van der Waals surface area contributed by atoms with Crippen molar-refractivity contribution in [2.75, 3.05) is 17.7 Å². The minimum atomic E-state index is 0.310. The van der Waals surface area contributed by atoms with Gasteiger partial charge in [0.1, 0.15) is 17.8 Å². The Morgan fingerprint density at radius 3 is 2.54 bits per heavy atom. The molecule has 3 rings (SSSR count). The van der Waals surface area contributed by atoms with Crippen LogP contribution in [-0.2, 0) is 0 Å². The van der Waals surface area contributed by atoms with Gasteiger partial charge in [-0.25, -0.2) is 4.98 Å². The lowest BCUT2D eigenvalue weighted by Gasteiger charge is -2.20. The Labute approximate surface area is 145 Å². The molecule has 6 heteroatoms. The van der Waals surface area contributed by atoms with Gasteiger partial charge in [0.05, 0.1) is 0 Å². The lowest BCUT2D eigenvalue weighted by atomic mass is 10.2. The number of ether oxygens (including phenoxy) is 1. The van der Waals surface area contributed by atoms with Crippen molar-refractivity contribution in [3.05, 3.63) is 65.4 Å². The van der Waals surface area contributed by atoms with Gasteiger partial charge >= 0.3 is 0 Å². The number of nitrogens with two attached hydrogens (primary N) is 1. The van der Waals surface area contributed by atoms with Crippen LogP contribution in [0.3, 0.4) is 0 Å². The monoisotopic (exact) mass is 340 g/mol. The molecule has 0 aliphatic heterocycles. The van der Waals surface area contributed by atoms with Crippen LogP contribution in [-0.4, -0.2) is 17.0 Å². The summed E-state index contributed by atoms with van der Waals surface area (Å²) in [6.45, 7) is 1.91. The van der Waals surface area contributed by atoms with Gasteiger partial charge in [-0.1, -0.05) is 29.8 Å². The summed E-state index contributed by atoms with van der Waals surface area (Å²) in [6, 6.07) is 15.2. The fourth-order valence-corrected chi connectivity index (χ4v) is 2.40. The van der Waals surface area contributed by atoms with Crippen LogP contribution in [0.4, 0.5) is 17.2 Å². The Morgan fingerprint density at radius 2 is 1.83 bits per heavy atom. The maximum absolute atomic E-state index is 6.22. The van der Waals surface area contributed by atoms with E-state index in [1.807, 2.05) is 55.3 Å². The van der Waals surface area contributed by atoms with E-state index in [0.717, 1.165) is 11.3 Å². The zero-order valence-electron chi connectivity index (χ0n) is 13.4. The lowest BCUT2D eigenvalue weighted by molar-refractivity contribution is 0.464. The second-order valence-corrected chi connectivity index (χ2v) is 5.73. The fraction of sp³-hybridized carbons (Fsp3) is 0.111. The van der Waals surface area contributed by atoms with E-state index in [0.29, 0.717) is 28.2 Å². The number of benzene rings is 2. The summed E-state index contributed by atoms with van der Waals surface area (Å²) in [5.41, 5.74) is 8.48. The second kappa shape index (κ2) is 6.76. The van der Waals surface area contributed by atoms with Crippen LogP contribution < -0.4 is 15.4 Å². The number of halogens is 1. The molecule has 0 atom stereocenters. The Hall–Kier alpha value is -2.79. The molecule has 1 heterocycles. The van der Waals surface area contributed by atoms with Crippen LogP contribution in [0.1, 0.15) is 5.56 Å². The van der Waals surface area contributed by atoms with E-state index in [2.05, 4.69) is 9.97 Å². The van der Waals surface area contributed by atoms with Crippen molar-refractivity contribution in [1.29, 1.82) is 0 Å². The lowest BCUT2D eigenvalue weighted by Crippen LogP contribution is -2.14. The summed E-state index contributed by atoms with van der Waals surface area (Å²) in [5, 5.41) is 0.683. The molecule has 0 bridgehead atoms. The van der Waals surface area contributed by atoms with Crippen molar-refractivity contribution in [2.24, 2.45) is 0 Å². The standard InChI is InChI=1S/C18H17ClN4O/c1-12-10-14(8-9-15(12)19)24-18-16(20)17(21-11-22-18)23(2)13-6-4-3-5-7-13/h3-11H,20H2,1-2H3. The van der Waals surface area contributed by atoms with E-state index in [9.17, 15) is 0 Å². The summed E-state index contributed by atoms with van der Waals surface area (Å²) in [6.07, 6.45) is 1.43. The van der Waals surface area contributed by atoms with E-state index >= 15 is 0 Å². The van der Waals surface area contributed by atoms with Crippen LogP contribution >= 0.6 is 11.6 Å². The summed E-state index contributed by atoms with van der Waals surface area (Å²) in [7, 11) is 1.89. The van der Waals surface area contributed by atoms with Gasteiger partial charge in [-0.2, -0.15) is 4.98 Å². The second-order valence-electron chi connectivity index (χ2n) is 5.32. The largest absolute Gasteiger partial charge is 0.437 e. The fourth-order valence-electron chi connectivity index (χ4n) is 2.29. The topological polar surface area (TPSA) is 64.3 Å². The molecule has 0 radical (unpaired) electrons. The Balaban J connectivity index is 1.92. The maximum atomic E-state index is 6.22. The summed E-state index contributed by atoms with van der Waals surface area (Å²) in [4.78, 5) is 10.3. The normalized spacial score (nSPS) is 10.5. The SMILES string of the molecule is Cc1cc(Oc2ncnc(N(C)c3ccccc3)c2N)ccc1Cl. The first kappa shape index (κ1) is 16.1. The van der Waals surface area contributed by atoms with Gasteiger partial charge in [0.25, 0.3) is 0 Å². The summed E-state index contributed by atoms with van der Waals surface area (Å²) < 4.78 is 5.81. The smallest absolute Gasteiger partial charge is 0.248 e. The molecular formula is C18H17ClN4O. The zero-order chi connectivity index (χ0) is 17.1. The van der Waals surface area contributed by atoms with Crippen molar-refractivity contribution in [3.8, 4) is 11.6 Å². The molecule has 3 aromatic rings. The molecular weight excluding hydrogens is 324 g/mol. The molecule has 0 saturated heterocycles. The van der Waals surface area contributed by atoms with Gasteiger partial charge in [0, 0.05) is 17.8 Å². The van der Waals surface area contributed by atoms with Crippen LogP contribution in [0.2, 0.25) is 5.02 Å². The highest BCUT2D eigenvalue weighted by atomic mass is 35.5. The highest BCUT2D eigenvalue weighted by Crippen LogP contribution is 2.34. The molecule has 5 nitrogen and oxygen atoms in total. The quantitative estimate of drug-likeness (QED) is 0.753. The van der Waals surface area contributed by atoms with Gasteiger partial charge in [0.15, 0.2) is 5.82 Å². The molecule has 0 spiro atoms. The Kier molecular flexibility index (Phi) is 4.53. The number of nitrogen functional groups attached to an aromatic ring is 1. The third kappa shape index (κ3) is 3.26. The average molecular weight is 341 g/mol. The number of hydrogen-bond donors (Lipinski definition) is 1. The van der Waals surface area contributed by atoms with Crippen LogP contribution in [0, 0.1) is 6.92 Å². The van der Waals surface area contributed by atoms with Crippen LogP contribution in [0.25, 0.3) is 0 Å². The first-order valence-electron chi connectivity index (χ1n) is 7.39. The van der Waals surface area contributed by atoms with E-state index in [1.54, 1.807) is 12.1 Å². The maximum Gasteiger partial charge on any atom is 0.248 e. The molecule has 2 N–H and O–H groups in total. The third-order valence-corrected chi connectivity index (χ3v) is 4.06. The molecule has 2 aromatic carbocycles. The number of para-hydroxylation sites is 1. The molecule has 0 fully saturated rings. The van der Waals surface area contributed by atoms with E-state index in [4.69, 9.17) is 22.1 Å². The zero-order valence-corrected chi connectivity index (χ0v) is 14.2. The molecule has 0 aliphatic rings. The predicted molar refractivity (Wildman–Crippen MR) is 97.2 cm³/mol. The molecule has 0 unspecified atom stereocenters. The number of anilines is 3. The molecule has 24 heavy (non-hydrogen) atoms. The van der Waals surface area contributed by atoms with Crippen molar-refractivity contribution < 1.29 is 4.74 Å². The number of aryl methyl sites for hydroxylation is 1. The highest BCUT2D eigenvalue weighted by Gasteiger charge is 2.15. The van der Waals surface area contributed by atoms with Gasteiger partial charge in [-0.15, -0.1) is 0 Å². The molecule has 0 aliphatic carbocycles. The Morgan fingerprint density at radius 1 is 1.08 bits per heavy atom. The predicted octanol–water partition coefficient (Wildman–Crippen LogP) is 4.58. The van der Waals surface area contributed by atoms with Crippen LogP contribution in [0.5, 0.6) is 11.6 Å². The van der Waals surface area contributed by atoms with E-state index in [-0.39, 0.29) is 0 Å². The van der Waals surface area contributed by atoms with Crippen molar-refractivity contribution in [1.82, 2.24) is 9.97 Å². The first-order valence-corrected chi connectivity index (χ1v) is 7.77. The minimum Gasteiger partial charge on any atom is -0.437 e. The van der Waals surface area contributed by atoms with Crippen molar-refractivity contribution in [3.63, 3.8) is 0 Å². The molecule has 122 valence electrons. The van der Waals surface area contributed by atoms with Gasteiger partial charge in [-0.3, -0.25) is 0 Å². The van der Waals surface area contributed by atoms with E-state index < -0.39 is 0 Å². The van der Waals surface area contributed by atoms with Crippen molar-refractivity contribution in [2.45, 2.75) is 6.92 Å². The van der Waals surface area contributed by atoms with Gasteiger partial charge in [-0.05, 0) is 42.8 Å². The summed E-state index contributed by atoms with van der Waals surface area (Å²) >= 11 is 6.04. The highest BCUT2D eigenvalue weighted by molar-refractivity contribution is 6.31. The Bertz CT molecular complexity index is 855.